The van der Waals surface area contributed by atoms with Crippen LogP contribution in [0.3, 0.4) is 0 Å². The van der Waals surface area contributed by atoms with Crippen molar-refractivity contribution in [2.24, 2.45) is 0 Å². The lowest BCUT2D eigenvalue weighted by Gasteiger charge is -2.10. The first-order valence-electron chi connectivity index (χ1n) is 8.02. The van der Waals surface area contributed by atoms with E-state index < -0.39 is 0 Å². The van der Waals surface area contributed by atoms with E-state index in [9.17, 15) is 10.5 Å². The average molecular weight is 362 g/mol. The number of hydrogen-bond donors (Lipinski definition) is 0. The quantitative estimate of drug-likeness (QED) is 0.661. The van der Waals surface area contributed by atoms with Gasteiger partial charge in [0.25, 0.3) is 0 Å². The fraction of sp³-hybridized carbons (Fsp3) is 0. The van der Waals surface area contributed by atoms with Crippen LogP contribution in [0.4, 0.5) is 0 Å². The van der Waals surface area contributed by atoms with Gasteiger partial charge < -0.3 is 9.47 Å². The van der Waals surface area contributed by atoms with Crippen molar-refractivity contribution in [2.45, 2.75) is 0 Å². The van der Waals surface area contributed by atoms with Gasteiger partial charge in [0.2, 0.25) is 0 Å². The monoisotopic (exact) mass is 362 g/mol. The SMILES string of the molecule is N#Cc1cccc(Oc2ccc(Oc3cccc(C#N)c3C#N)cc2)c1C#N. The number of benzene rings is 3. The molecule has 0 atom stereocenters. The molecule has 28 heavy (non-hydrogen) atoms. The lowest BCUT2D eigenvalue weighted by molar-refractivity contribution is 0.467. The third-order valence-electron chi connectivity index (χ3n) is 3.80. The molecule has 0 aliphatic rings. The van der Waals surface area contributed by atoms with Crippen molar-refractivity contribution in [3.05, 3.63) is 82.9 Å². The number of nitrogens with zero attached hydrogens (tertiary/aromatic N) is 4. The van der Waals surface area contributed by atoms with Gasteiger partial charge in [0.15, 0.2) is 0 Å². The highest BCUT2D eigenvalue weighted by atomic mass is 16.5. The molecule has 0 spiro atoms. The van der Waals surface area contributed by atoms with Crippen molar-refractivity contribution < 1.29 is 9.47 Å². The van der Waals surface area contributed by atoms with Crippen LogP contribution in [-0.2, 0) is 0 Å². The summed E-state index contributed by atoms with van der Waals surface area (Å²) in [5.41, 5.74) is 0.803. The summed E-state index contributed by atoms with van der Waals surface area (Å²) in [5.74, 6) is 1.46. The molecule has 0 aliphatic heterocycles. The predicted octanol–water partition coefficient (Wildman–Crippen LogP) is 4.76. The molecule has 0 heterocycles. The summed E-state index contributed by atoms with van der Waals surface area (Å²) < 4.78 is 11.4. The maximum absolute atomic E-state index is 9.26. The van der Waals surface area contributed by atoms with E-state index in [0.717, 1.165) is 0 Å². The molecule has 0 aromatic heterocycles. The number of nitriles is 4. The predicted molar refractivity (Wildman–Crippen MR) is 98.3 cm³/mol. The van der Waals surface area contributed by atoms with Gasteiger partial charge in [-0.2, -0.15) is 21.0 Å². The molecule has 3 aromatic carbocycles. The summed E-state index contributed by atoms with van der Waals surface area (Å²) >= 11 is 0. The molecule has 0 aliphatic carbocycles. The zero-order chi connectivity index (χ0) is 19.9. The average Bonchev–Trinajstić information content (AvgIpc) is 2.74. The van der Waals surface area contributed by atoms with Crippen LogP contribution in [0.25, 0.3) is 0 Å². The fourth-order valence-corrected chi connectivity index (χ4v) is 2.48. The van der Waals surface area contributed by atoms with Crippen LogP contribution in [-0.4, -0.2) is 0 Å². The minimum atomic E-state index is 0.164. The topological polar surface area (TPSA) is 114 Å². The van der Waals surface area contributed by atoms with Gasteiger partial charge in [0, 0.05) is 0 Å². The van der Waals surface area contributed by atoms with E-state index in [1.807, 2.05) is 24.3 Å². The van der Waals surface area contributed by atoms with Crippen molar-refractivity contribution in [1.29, 1.82) is 21.0 Å². The minimum Gasteiger partial charge on any atom is -0.456 e. The molecule has 0 N–H and O–H groups in total. The summed E-state index contributed by atoms with van der Waals surface area (Å²) in [5, 5.41) is 36.7. The second-order valence-electron chi connectivity index (χ2n) is 5.48. The highest BCUT2D eigenvalue weighted by molar-refractivity contribution is 5.56. The van der Waals surface area contributed by atoms with E-state index in [1.165, 1.54) is 0 Å². The molecule has 0 unspecified atom stereocenters. The smallest absolute Gasteiger partial charge is 0.146 e. The third-order valence-corrected chi connectivity index (χ3v) is 3.80. The number of ether oxygens (including phenoxy) is 2. The normalized spacial score (nSPS) is 9.29. The van der Waals surface area contributed by atoms with Crippen LogP contribution in [0.2, 0.25) is 0 Å². The second-order valence-corrected chi connectivity index (χ2v) is 5.48. The van der Waals surface area contributed by atoms with Gasteiger partial charge in [-0.15, -0.1) is 0 Å². The molecule has 0 saturated carbocycles. The molecule has 6 nitrogen and oxygen atoms in total. The van der Waals surface area contributed by atoms with Crippen molar-refractivity contribution in [2.75, 3.05) is 0 Å². The van der Waals surface area contributed by atoms with Gasteiger partial charge in [-0.3, -0.25) is 0 Å². The van der Waals surface area contributed by atoms with Crippen LogP contribution in [0.15, 0.2) is 60.7 Å². The van der Waals surface area contributed by atoms with E-state index in [4.69, 9.17) is 20.0 Å². The number of rotatable bonds is 4. The first kappa shape index (κ1) is 18.0. The van der Waals surface area contributed by atoms with E-state index >= 15 is 0 Å². The lowest BCUT2D eigenvalue weighted by Crippen LogP contribution is -1.93. The molecule has 0 amide bonds. The Balaban J connectivity index is 1.83. The van der Waals surface area contributed by atoms with E-state index in [0.29, 0.717) is 11.5 Å². The molecule has 130 valence electrons. The first-order valence-corrected chi connectivity index (χ1v) is 8.02. The van der Waals surface area contributed by atoms with E-state index in [-0.39, 0.29) is 33.8 Å². The fourth-order valence-electron chi connectivity index (χ4n) is 2.48. The van der Waals surface area contributed by atoms with Crippen LogP contribution >= 0.6 is 0 Å². The Labute approximate surface area is 161 Å². The lowest BCUT2D eigenvalue weighted by atomic mass is 10.1. The highest BCUT2D eigenvalue weighted by Crippen LogP contribution is 2.31. The van der Waals surface area contributed by atoms with E-state index in [1.54, 1.807) is 60.7 Å². The zero-order valence-corrected chi connectivity index (χ0v) is 14.4. The summed E-state index contributed by atoms with van der Waals surface area (Å²) in [6, 6.07) is 24.0. The molecule has 6 heteroatoms. The Morgan fingerprint density at radius 2 is 0.893 bits per heavy atom. The maximum atomic E-state index is 9.26. The summed E-state index contributed by atoms with van der Waals surface area (Å²) in [6.45, 7) is 0. The summed E-state index contributed by atoms with van der Waals surface area (Å²) in [7, 11) is 0. The largest absolute Gasteiger partial charge is 0.456 e. The molecule has 3 rings (SSSR count). The minimum absolute atomic E-state index is 0.164. The van der Waals surface area contributed by atoms with Crippen molar-refractivity contribution in [3.63, 3.8) is 0 Å². The third kappa shape index (κ3) is 3.58. The molecule has 0 saturated heterocycles. The van der Waals surface area contributed by atoms with Crippen LogP contribution < -0.4 is 9.47 Å². The van der Waals surface area contributed by atoms with Gasteiger partial charge in [-0.05, 0) is 48.5 Å². The molecular formula is C22H10N4O2. The second kappa shape index (κ2) is 8.07. The van der Waals surface area contributed by atoms with Gasteiger partial charge in [0.05, 0.1) is 11.1 Å². The summed E-state index contributed by atoms with van der Waals surface area (Å²) in [6.07, 6.45) is 0. The maximum Gasteiger partial charge on any atom is 0.146 e. The van der Waals surface area contributed by atoms with Crippen molar-refractivity contribution >= 4 is 0 Å². The van der Waals surface area contributed by atoms with Gasteiger partial charge in [-0.1, -0.05) is 12.1 Å². The summed E-state index contributed by atoms with van der Waals surface area (Å²) in [4.78, 5) is 0. The molecule has 0 bridgehead atoms. The van der Waals surface area contributed by atoms with Gasteiger partial charge in [0.1, 0.15) is 58.4 Å². The van der Waals surface area contributed by atoms with Crippen molar-refractivity contribution in [1.82, 2.24) is 0 Å². The Kier molecular flexibility index (Phi) is 5.19. The first-order chi connectivity index (χ1) is 13.7. The molecule has 3 aromatic rings. The Morgan fingerprint density at radius 1 is 0.500 bits per heavy atom. The highest BCUT2D eigenvalue weighted by Gasteiger charge is 2.11. The molecule has 0 radical (unpaired) electrons. The van der Waals surface area contributed by atoms with Gasteiger partial charge in [-0.25, -0.2) is 0 Å². The Morgan fingerprint density at radius 3 is 1.21 bits per heavy atom. The van der Waals surface area contributed by atoms with Gasteiger partial charge >= 0.3 is 0 Å². The molecule has 0 fully saturated rings. The Hall–Kier alpha value is -4.78. The molecular weight excluding hydrogens is 352 g/mol. The zero-order valence-electron chi connectivity index (χ0n) is 14.4. The van der Waals surface area contributed by atoms with Crippen LogP contribution in [0, 0.1) is 45.3 Å². The Bertz CT molecular complexity index is 1110. The van der Waals surface area contributed by atoms with Crippen molar-refractivity contribution in [3.8, 4) is 47.3 Å². The van der Waals surface area contributed by atoms with Crippen LogP contribution in [0.5, 0.6) is 23.0 Å². The standard InChI is InChI=1S/C22H10N4O2/c23-11-15-3-1-5-21(19(15)13-25)27-17-7-9-18(10-8-17)28-22-6-2-4-16(12-24)20(22)14-26/h1-10H. The number of hydrogen-bond acceptors (Lipinski definition) is 6. The van der Waals surface area contributed by atoms with Crippen LogP contribution in [0.1, 0.15) is 22.3 Å². The van der Waals surface area contributed by atoms with E-state index in [2.05, 4.69) is 0 Å².